The highest BCUT2D eigenvalue weighted by molar-refractivity contribution is 6.06. The van der Waals surface area contributed by atoms with Crippen molar-refractivity contribution in [2.75, 3.05) is 5.73 Å². The Labute approximate surface area is 116 Å². The maximum absolute atomic E-state index is 12.2. The maximum atomic E-state index is 12.2. The van der Waals surface area contributed by atoms with Crippen molar-refractivity contribution in [2.45, 2.75) is 0 Å². The van der Waals surface area contributed by atoms with Gasteiger partial charge in [-0.2, -0.15) is 0 Å². The molecular formula is C16H13N3O. The number of nitrogens with two attached hydrogens (primary N) is 1. The van der Waals surface area contributed by atoms with Crippen molar-refractivity contribution < 1.29 is 4.79 Å². The zero-order valence-corrected chi connectivity index (χ0v) is 10.7. The van der Waals surface area contributed by atoms with Gasteiger partial charge in [0.05, 0.1) is 11.9 Å². The summed E-state index contributed by atoms with van der Waals surface area (Å²) in [5, 5.41) is 0. The van der Waals surface area contributed by atoms with E-state index in [1.165, 1.54) is 0 Å². The first-order valence-electron chi connectivity index (χ1n) is 6.25. The summed E-state index contributed by atoms with van der Waals surface area (Å²) in [7, 11) is 0. The highest BCUT2D eigenvalue weighted by Crippen LogP contribution is 2.19. The van der Waals surface area contributed by atoms with Crippen LogP contribution in [0.1, 0.15) is 16.2 Å². The number of H-pyrrole nitrogens is 1. The van der Waals surface area contributed by atoms with Gasteiger partial charge < -0.3 is 10.7 Å². The number of carbonyl (C=O) groups excluding carboxylic acids is 1. The zero-order valence-electron chi connectivity index (χ0n) is 10.7. The quantitative estimate of drug-likeness (QED) is 0.563. The summed E-state index contributed by atoms with van der Waals surface area (Å²) in [4.78, 5) is 19.4. The van der Waals surface area contributed by atoms with Gasteiger partial charge in [-0.05, 0) is 17.7 Å². The lowest BCUT2D eigenvalue weighted by Crippen LogP contribution is -2.03. The Morgan fingerprint density at radius 1 is 1.00 bits per heavy atom. The molecule has 98 valence electrons. The van der Waals surface area contributed by atoms with Crippen molar-refractivity contribution in [3.8, 4) is 11.3 Å². The van der Waals surface area contributed by atoms with Gasteiger partial charge in [-0.15, -0.1) is 0 Å². The number of hydrogen-bond donors (Lipinski definition) is 2. The molecule has 0 atom stereocenters. The minimum Gasteiger partial charge on any atom is -0.399 e. The van der Waals surface area contributed by atoms with Gasteiger partial charge in [0.25, 0.3) is 0 Å². The smallest absolute Gasteiger partial charge is 0.228 e. The average Bonchev–Trinajstić information content (AvgIpc) is 2.98. The fourth-order valence-electron chi connectivity index (χ4n) is 1.97. The van der Waals surface area contributed by atoms with Crippen molar-refractivity contribution in [1.29, 1.82) is 0 Å². The largest absolute Gasteiger partial charge is 0.399 e. The summed E-state index contributed by atoms with van der Waals surface area (Å²) in [5.74, 6) is 0.218. The fraction of sp³-hybridized carbons (Fsp3) is 0. The first kappa shape index (κ1) is 12.2. The number of benzene rings is 2. The van der Waals surface area contributed by atoms with E-state index in [1.54, 1.807) is 18.3 Å². The van der Waals surface area contributed by atoms with Crippen LogP contribution in [0.4, 0.5) is 5.69 Å². The van der Waals surface area contributed by atoms with Gasteiger partial charge in [0, 0.05) is 11.3 Å². The summed E-state index contributed by atoms with van der Waals surface area (Å²) in [6, 6.07) is 16.5. The van der Waals surface area contributed by atoms with Gasteiger partial charge in [0.15, 0.2) is 5.82 Å². The number of aromatic amines is 1. The number of aromatic nitrogens is 2. The second-order valence-electron chi connectivity index (χ2n) is 4.46. The van der Waals surface area contributed by atoms with Gasteiger partial charge in [-0.25, -0.2) is 4.98 Å². The van der Waals surface area contributed by atoms with Crippen LogP contribution in [0.2, 0.25) is 0 Å². The van der Waals surface area contributed by atoms with E-state index in [2.05, 4.69) is 9.97 Å². The molecule has 0 radical (unpaired) electrons. The van der Waals surface area contributed by atoms with E-state index < -0.39 is 0 Å². The molecule has 0 aliphatic rings. The van der Waals surface area contributed by atoms with Gasteiger partial charge in [-0.1, -0.05) is 42.5 Å². The molecular weight excluding hydrogens is 250 g/mol. The first-order valence-corrected chi connectivity index (χ1v) is 6.25. The number of ketones is 1. The predicted octanol–water partition coefficient (Wildman–Crippen LogP) is 2.89. The molecule has 4 heteroatoms. The second-order valence-corrected chi connectivity index (χ2v) is 4.46. The van der Waals surface area contributed by atoms with Gasteiger partial charge >= 0.3 is 0 Å². The third-order valence-corrected chi connectivity index (χ3v) is 3.05. The minimum absolute atomic E-state index is 0.118. The van der Waals surface area contributed by atoms with E-state index in [0.29, 0.717) is 17.1 Å². The molecule has 3 N–H and O–H groups in total. The molecule has 1 heterocycles. The van der Waals surface area contributed by atoms with E-state index in [9.17, 15) is 4.79 Å². The van der Waals surface area contributed by atoms with Gasteiger partial charge in [0.1, 0.15) is 0 Å². The number of nitrogen functional groups attached to an aromatic ring is 1. The molecule has 0 aliphatic heterocycles. The van der Waals surface area contributed by atoms with Crippen LogP contribution < -0.4 is 5.73 Å². The third kappa shape index (κ3) is 2.31. The molecule has 0 bridgehead atoms. The van der Waals surface area contributed by atoms with E-state index in [1.807, 2.05) is 42.5 Å². The molecule has 0 amide bonds. The fourth-order valence-corrected chi connectivity index (χ4v) is 1.97. The van der Waals surface area contributed by atoms with Crippen molar-refractivity contribution in [3.05, 3.63) is 72.2 Å². The molecule has 0 saturated carbocycles. The summed E-state index contributed by atoms with van der Waals surface area (Å²) >= 11 is 0. The van der Waals surface area contributed by atoms with Crippen molar-refractivity contribution in [3.63, 3.8) is 0 Å². The van der Waals surface area contributed by atoms with Crippen LogP contribution in [-0.4, -0.2) is 15.8 Å². The normalized spacial score (nSPS) is 10.4. The number of hydrogen-bond acceptors (Lipinski definition) is 3. The number of nitrogens with zero attached hydrogens (tertiary/aromatic N) is 1. The molecule has 3 aromatic rings. The summed E-state index contributed by atoms with van der Waals surface area (Å²) in [6.07, 6.45) is 1.65. The van der Waals surface area contributed by atoms with Crippen LogP contribution in [0, 0.1) is 0 Å². The number of rotatable bonds is 3. The van der Waals surface area contributed by atoms with E-state index in [-0.39, 0.29) is 5.78 Å². The summed E-state index contributed by atoms with van der Waals surface area (Å²) in [5.41, 5.74) is 8.71. The Bertz CT molecular complexity index is 730. The van der Waals surface area contributed by atoms with Crippen molar-refractivity contribution in [1.82, 2.24) is 9.97 Å². The van der Waals surface area contributed by atoms with Crippen LogP contribution in [0.25, 0.3) is 11.3 Å². The molecule has 20 heavy (non-hydrogen) atoms. The van der Waals surface area contributed by atoms with Crippen LogP contribution >= 0.6 is 0 Å². The predicted molar refractivity (Wildman–Crippen MR) is 78.3 cm³/mol. The molecule has 0 saturated heterocycles. The standard InChI is InChI=1S/C16H13N3O/c17-13-8-6-11(7-9-13)14-10-18-16(19-14)15(20)12-4-2-1-3-5-12/h1-10H,17H2,(H,18,19). The molecule has 4 nitrogen and oxygen atoms in total. The third-order valence-electron chi connectivity index (χ3n) is 3.05. The van der Waals surface area contributed by atoms with E-state index >= 15 is 0 Å². The monoisotopic (exact) mass is 263 g/mol. The molecule has 0 fully saturated rings. The molecule has 1 aromatic heterocycles. The average molecular weight is 263 g/mol. The number of carbonyl (C=O) groups is 1. The Morgan fingerprint density at radius 3 is 2.40 bits per heavy atom. The highest BCUT2D eigenvalue weighted by Gasteiger charge is 2.13. The lowest BCUT2D eigenvalue weighted by molar-refractivity contribution is 0.103. The SMILES string of the molecule is Nc1ccc(-c2cnc(C(=O)c3ccccc3)[nH]2)cc1. The number of anilines is 1. The van der Waals surface area contributed by atoms with Crippen molar-refractivity contribution >= 4 is 11.5 Å². The topological polar surface area (TPSA) is 71.8 Å². The van der Waals surface area contributed by atoms with Crippen LogP contribution in [-0.2, 0) is 0 Å². The molecule has 3 rings (SSSR count). The lowest BCUT2D eigenvalue weighted by Gasteiger charge is -1.99. The first-order chi connectivity index (χ1) is 9.74. The zero-order chi connectivity index (χ0) is 13.9. The Morgan fingerprint density at radius 2 is 1.70 bits per heavy atom. The number of imidazole rings is 1. The van der Waals surface area contributed by atoms with Gasteiger partial charge in [0.2, 0.25) is 5.78 Å². The number of nitrogens with one attached hydrogen (secondary N) is 1. The summed E-state index contributed by atoms with van der Waals surface area (Å²) in [6.45, 7) is 0. The van der Waals surface area contributed by atoms with Crippen molar-refractivity contribution in [2.24, 2.45) is 0 Å². The Hall–Kier alpha value is -2.88. The lowest BCUT2D eigenvalue weighted by atomic mass is 10.1. The molecule has 0 aliphatic carbocycles. The Kier molecular flexibility index (Phi) is 3.05. The highest BCUT2D eigenvalue weighted by atomic mass is 16.1. The minimum atomic E-state index is -0.118. The second kappa shape index (κ2) is 5.01. The van der Waals surface area contributed by atoms with Crippen LogP contribution in [0.5, 0.6) is 0 Å². The molecule has 0 unspecified atom stereocenters. The van der Waals surface area contributed by atoms with Gasteiger partial charge in [-0.3, -0.25) is 4.79 Å². The molecule has 0 spiro atoms. The maximum Gasteiger partial charge on any atom is 0.228 e. The van der Waals surface area contributed by atoms with Crippen LogP contribution in [0.3, 0.4) is 0 Å². The summed E-state index contributed by atoms with van der Waals surface area (Å²) < 4.78 is 0. The Balaban J connectivity index is 1.91. The van der Waals surface area contributed by atoms with Crippen LogP contribution in [0.15, 0.2) is 60.8 Å². The van der Waals surface area contributed by atoms with E-state index in [0.717, 1.165) is 11.3 Å². The molecule has 2 aromatic carbocycles. The van der Waals surface area contributed by atoms with E-state index in [4.69, 9.17) is 5.73 Å².